The molecule has 1 aliphatic rings. The Labute approximate surface area is 200 Å². The number of rotatable bonds is 10. The van der Waals surface area contributed by atoms with Gasteiger partial charge in [-0.2, -0.15) is 5.10 Å². The highest BCUT2D eigenvalue weighted by molar-refractivity contribution is 6.44. The number of halogens is 1. The summed E-state index contributed by atoms with van der Waals surface area (Å²) in [4.78, 5) is 43.2. The molecule has 1 atom stereocenters. The van der Waals surface area contributed by atoms with E-state index in [0.717, 1.165) is 0 Å². The van der Waals surface area contributed by atoms with Gasteiger partial charge in [-0.15, -0.1) is 0 Å². The first-order chi connectivity index (χ1) is 16.4. The van der Waals surface area contributed by atoms with Crippen LogP contribution in [0.25, 0.3) is 0 Å². The summed E-state index contributed by atoms with van der Waals surface area (Å²) in [5, 5.41) is 10.8. The number of nitrogens with one attached hydrogen (secondary N) is 1. The highest BCUT2D eigenvalue weighted by Crippen LogP contribution is 2.24. The molecular formula is C22H25ClN4O7. The Hall–Kier alpha value is -3.44. The second-order valence-corrected chi connectivity index (χ2v) is 7.68. The first-order valence-electron chi connectivity index (χ1n) is 10.6. The van der Waals surface area contributed by atoms with Gasteiger partial charge in [0.2, 0.25) is 6.61 Å². The van der Waals surface area contributed by atoms with Crippen LogP contribution in [-0.2, 0) is 23.9 Å². The SMILES string of the molecule is CCOC(=O)CON=C(C(=O)N1CCOC(COc2ccc(Cl)cc2C(C)=O)C1)c1ccn[nH]1. The highest BCUT2D eigenvalue weighted by Gasteiger charge is 2.30. The summed E-state index contributed by atoms with van der Waals surface area (Å²) < 4.78 is 16.3. The van der Waals surface area contributed by atoms with E-state index in [-0.39, 0.29) is 37.9 Å². The van der Waals surface area contributed by atoms with Gasteiger partial charge in [0.25, 0.3) is 5.91 Å². The number of nitrogens with zero attached hydrogens (tertiary/aromatic N) is 3. The minimum Gasteiger partial charge on any atom is -0.490 e. The number of amides is 1. The Bertz CT molecular complexity index is 1040. The monoisotopic (exact) mass is 492 g/mol. The van der Waals surface area contributed by atoms with Crippen LogP contribution in [0.3, 0.4) is 0 Å². The second-order valence-electron chi connectivity index (χ2n) is 7.24. The zero-order valence-corrected chi connectivity index (χ0v) is 19.5. The fraction of sp³-hybridized carbons (Fsp3) is 0.409. The number of carbonyl (C=O) groups is 3. The van der Waals surface area contributed by atoms with Crippen LogP contribution in [0.15, 0.2) is 35.6 Å². The molecule has 1 amide bonds. The van der Waals surface area contributed by atoms with E-state index in [2.05, 4.69) is 15.4 Å². The van der Waals surface area contributed by atoms with Gasteiger partial charge < -0.3 is 23.9 Å². The summed E-state index contributed by atoms with van der Waals surface area (Å²) in [5.74, 6) is -0.825. The van der Waals surface area contributed by atoms with Crippen molar-refractivity contribution < 1.29 is 33.4 Å². The number of esters is 1. The molecule has 0 radical (unpaired) electrons. The summed E-state index contributed by atoms with van der Waals surface area (Å²) in [5.41, 5.74) is 0.656. The molecular weight excluding hydrogens is 468 g/mol. The third-order valence-electron chi connectivity index (χ3n) is 4.77. The van der Waals surface area contributed by atoms with Crippen molar-refractivity contribution in [2.24, 2.45) is 5.16 Å². The van der Waals surface area contributed by atoms with Gasteiger partial charge in [-0.1, -0.05) is 16.8 Å². The maximum atomic E-state index is 13.2. The fourth-order valence-corrected chi connectivity index (χ4v) is 3.36. The summed E-state index contributed by atoms with van der Waals surface area (Å²) >= 11 is 5.97. The lowest BCUT2D eigenvalue weighted by atomic mass is 10.1. The molecule has 1 unspecified atom stereocenters. The quantitative estimate of drug-likeness (QED) is 0.230. The van der Waals surface area contributed by atoms with Crippen LogP contribution >= 0.6 is 11.6 Å². The van der Waals surface area contributed by atoms with E-state index in [1.165, 1.54) is 13.1 Å². The Morgan fingerprint density at radius 2 is 2.15 bits per heavy atom. The molecule has 34 heavy (non-hydrogen) atoms. The number of H-pyrrole nitrogens is 1. The van der Waals surface area contributed by atoms with Crippen molar-refractivity contribution in [3.05, 3.63) is 46.7 Å². The predicted octanol–water partition coefficient (Wildman–Crippen LogP) is 1.86. The lowest BCUT2D eigenvalue weighted by Gasteiger charge is -2.33. The molecule has 1 fully saturated rings. The Balaban J connectivity index is 1.66. The average molecular weight is 493 g/mol. The van der Waals surface area contributed by atoms with Crippen LogP contribution in [0.4, 0.5) is 0 Å². The normalized spacial score (nSPS) is 16.1. The Kier molecular flexibility index (Phi) is 9.00. The number of aromatic nitrogens is 2. The van der Waals surface area contributed by atoms with Gasteiger partial charge in [0, 0.05) is 17.8 Å². The lowest BCUT2D eigenvalue weighted by molar-refractivity contribution is -0.148. The largest absolute Gasteiger partial charge is 0.490 e. The van der Waals surface area contributed by atoms with Crippen molar-refractivity contribution in [3.8, 4) is 5.75 Å². The molecule has 12 heteroatoms. The molecule has 1 saturated heterocycles. The molecule has 2 aromatic rings. The van der Waals surface area contributed by atoms with Crippen molar-refractivity contribution >= 4 is 35.0 Å². The smallest absolute Gasteiger partial charge is 0.347 e. The van der Waals surface area contributed by atoms with E-state index < -0.39 is 24.6 Å². The van der Waals surface area contributed by atoms with E-state index in [1.54, 1.807) is 36.1 Å². The number of morpholine rings is 1. The van der Waals surface area contributed by atoms with Crippen LogP contribution in [0.1, 0.15) is 29.9 Å². The maximum Gasteiger partial charge on any atom is 0.347 e. The van der Waals surface area contributed by atoms with Crippen molar-refractivity contribution in [2.75, 3.05) is 39.5 Å². The minimum atomic E-state index is -0.599. The van der Waals surface area contributed by atoms with E-state index in [4.69, 9.17) is 30.6 Å². The number of aromatic amines is 1. The molecule has 0 aliphatic carbocycles. The molecule has 0 saturated carbocycles. The number of benzene rings is 1. The van der Waals surface area contributed by atoms with Gasteiger partial charge >= 0.3 is 5.97 Å². The van der Waals surface area contributed by atoms with Gasteiger partial charge in [0.15, 0.2) is 11.5 Å². The second kappa shape index (κ2) is 12.1. The molecule has 1 aromatic heterocycles. The topological polar surface area (TPSA) is 132 Å². The van der Waals surface area contributed by atoms with Crippen LogP contribution in [0.2, 0.25) is 5.02 Å². The van der Waals surface area contributed by atoms with Gasteiger partial charge in [-0.3, -0.25) is 14.7 Å². The summed E-state index contributed by atoms with van der Waals surface area (Å²) in [6.07, 6.45) is 1.02. The summed E-state index contributed by atoms with van der Waals surface area (Å²) in [6.45, 7) is 3.80. The molecule has 0 spiro atoms. The Morgan fingerprint density at radius 3 is 2.85 bits per heavy atom. The standard InChI is InChI=1S/C22H25ClN4O7/c1-3-31-20(29)13-34-26-21(18-6-7-24-25-18)22(30)27-8-9-32-16(11-27)12-33-19-5-4-15(23)10-17(19)14(2)28/h4-7,10,16H,3,8-9,11-13H2,1-2H3,(H,24,25). The third-order valence-corrected chi connectivity index (χ3v) is 5.01. The lowest BCUT2D eigenvalue weighted by Crippen LogP contribution is -2.50. The zero-order chi connectivity index (χ0) is 24.5. The van der Waals surface area contributed by atoms with Crippen LogP contribution in [0, 0.1) is 0 Å². The van der Waals surface area contributed by atoms with E-state index in [0.29, 0.717) is 28.6 Å². The van der Waals surface area contributed by atoms with Crippen LogP contribution in [-0.4, -0.2) is 84.1 Å². The number of hydrogen-bond donors (Lipinski definition) is 1. The number of ether oxygens (including phenoxy) is 3. The maximum absolute atomic E-state index is 13.2. The predicted molar refractivity (Wildman–Crippen MR) is 121 cm³/mol. The molecule has 182 valence electrons. The van der Waals surface area contributed by atoms with E-state index in [9.17, 15) is 14.4 Å². The van der Waals surface area contributed by atoms with Gasteiger partial charge in [0.05, 0.1) is 31.0 Å². The highest BCUT2D eigenvalue weighted by atomic mass is 35.5. The van der Waals surface area contributed by atoms with Crippen molar-refractivity contribution in [2.45, 2.75) is 20.0 Å². The molecule has 0 bridgehead atoms. The van der Waals surface area contributed by atoms with Gasteiger partial charge in [-0.05, 0) is 38.1 Å². The first kappa shape index (κ1) is 25.2. The summed E-state index contributed by atoms with van der Waals surface area (Å²) in [7, 11) is 0. The van der Waals surface area contributed by atoms with Crippen molar-refractivity contribution in [3.63, 3.8) is 0 Å². The molecule has 3 rings (SSSR count). The number of carbonyl (C=O) groups excluding carboxylic acids is 3. The molecule has 1 N–H and O–H groups in total. The molecule has 1 aromatic carbocycles. The number of ketones is 1. The van der Waals surface area contributed by atoms with Crippen molar-refractivity contribution in [1.29, 1.82) is 0 Å². The zero-order valence-electron chi connectivity index (χ0n) is 18.8. The fourth-order valence-electron chi connectivity index (χ4n) is 3.18. The van der Waals surface area contributed by atoms with Crippen LogP contribution < -0.4 is 4.74 Å². The molecule has 11 nitrogen and oxygen atoms in total. The van der Waals surface area contributed by atoms with E-state index in [1.807, 2.05) is 0 Å². The Morgan fingerprint density at radius 1 is 1.32 bits per heavy atom. The van der Waals surface area contributed by atoms with Gasteiger partial charge in [0.1, 0.15) is 18.5 Å². The van der Waals surface area contributed by atoms with Crippen LogP contribution in [0.5, 0.6) is 5.75 Å². The molecule has 1 aliphatic heterocycles. The van der Waals surface area contributed by atoms with E-state index >= 15 is 0 Å². The number of hydrogen-bond acceptors (Lipinski definition) is 9. The first-order valence-corrected chi connectivity index (χ1v) is 11.0. The van der Waals surface area contributed by atoms with Crippen molar-refractivity contribution in [1.82, 2.24) is 15.1 Å². The van der Waals surface area contributed by atoms with Gasteiger partial charge in [-0.25, -0.2) is 4.79 Å². The minimum absolute atomic E-state index is 0.0417. The summed E-state index contributed by atoms with van der Waals surface area (Å²) in [6, 6.07) is 6.36. The number of Topliss-reactive ketones (excluding diaryl/α,β-unsaturated/α-hetero) is 1. The average Bonchev–Trinajstić information content (AvgIpc) is 3.35. The third kappa shape index (κ3) is 6.78. The molecule has 2 heterocycles. The number of oxime groups is 1.